The number of hydrogen-bond acceptors (Lipinski definition) is 5. The number of ether oxygens (including phenoxy) is 1. The third kappa shape index (κ3) is 3.64. The number of nitrogens with one attached hydrogen (secondary N) is 1. The highest BCUT2D eigenvalue weighted by atomic mass is 35.5. The Kier molecular flexibility index (Phi) is 4.99. The maximum atomic E-state index is 9.10. The summed E-state index contributed by atoms with van der Waals surface area (Å²) in [6.07, 6.45) is 3.49. The van der Waals surface area contributed by atoms with E-state index in [0.717, 1.165) is 53.7 Å². The van der Waals surface area contributed by atoms with E-state index in [4.69, 9.17) is 38.0 Å². The van der Waals surface area contributed by atoms with E-state index in [1.807, 2.05) is 18.2 Å². The number of imidazole rings is 1. The van der Waals surface area contributed by atoms with Gasteiger partial charge in [0.1, 0.15) is 18.1 Å². The fourth-order valence-electron chi connectivity index (χ4n) is 4.09. The van der Waals surface area contributed by atoms with Gasteiger partial charge in [0.2, 0.25) is 0 Å². The molecule has 7 nitrogen and oxygen atoms in total. The summed E-state index contributed by atoms with van der Waals surface area (Å²) in [5.74, 6) is 1.61. The van der Waals surface area contributed by atoms with Crippen molar-refractivity contribution in [3.63, 3.8) is 0 Å². The average molecular weight is 434 g/mol. The third-order valence-electron chi connectivity index (χ3n) is 5.56. The van der Waals surface area contributed by atoms with Crippen LogP contribution in [0.2, 0.25) is 10.0 Å². The number of aliphatic hydroxyl groups is 1. The summed E-state index contributed by atoms with van der Waals surface area (Å²) >= 11 is 12.5. The summed E-state index contributed by atoms with van der Waals surface area (Å²) in [6, 6.07) is 6.11. The molecule has 2 aliphatic heterocycles. The lowest BCUT2D eigenvalue weighted by Crippen LogP contribution is -2.45. The molecular formula is C20H21Cl2N5O2. The molecule has 0 aliphatic carbocycles. The Bertz CT molecular complexity index is 1050. The Morgan fingerprint density at radius 2 is 2.21 bits per heavy atom. The van der Waals surface area contributed by atoms with Crippen LogP contribution in [0.15, 0.2) is 24.4 Å². The number of fused-ring (bicyclic) bond motifs is 2. The first-order chi connectivity index (χ1) is 14.1. The van der Waals surface area contributed by atoms with Gasteiger partial charge in [0.15, 0.2) is 5.82 Å². The van der Waals surface area contributed by atoms with Crippen LogP contribution in [0.25, 0.3) is 11.5 Å². The standard InChI is InChI=1S/C20H21Cl2N5O2/c21-13-1-2-18-12(7-13)8-14(11-29-18)26-4-3-16-17(10-26)24-20(23-16)19-15(22)9-27(25-19)5-6-28/h1-2,7,9,14,28H,3-6,8,10-11H2,(H,23,24)/t14-/m1/s1. The number of benzene rings is 1. The molecule has 2 aliphatic rings. The summed E-state index contributed by atoms with van der Waals surface area (Å²) in [5, 5.41) is 14.8. The Balaban J connectivity index is 1.34. The van der Waals surface area contributed by atoms with Crippen LogP contribution in [0.4, 0.5) is 0 Å². The molecule has 4 heterocycles. The monoisotopic (exact) mass is 433 g/mol. The molecule has 0 amide bonds. The predicted octanol–water partition coefficient (Wildman–Crippen LogP) is 2.93. The van der Waals surface area contributed by atoms with E-state index in [1.54, 1.807) is 10.9 Å². The van der Waals surface area contributed by atoms with Crippen molar-refractivity contribution in [2.24, 2.45) is 0 Å². The van der Waals surface area contributed by atoms with Crippen molar-refractivity contribution >= 4 is 23.2 Å². The van der Waals surface area contributed by atoms with Gasteiger partial charge in [0.05, 0.1) is 29.6 Å². The van der Waals surface area contributed by atoms with E-state index in [0.29, 0.717) is 35.7 Å². The number of nitrogens with zero attached hydrogens (tertiary/aromatic N) is 4. The fraction of sp³-hybridized carbons (Fsp3) is 0.400. The number of rotatable bonds is 4. The van der Waals surface area contributed by atoms with E-state index in [-0.39, 0.29) is 6.61 Å². The highest BCUT2D eigenvalue weighted by Gasteiger charge is 2.30. The molecule has 0 bridgehead atoms. The molecule has 0 radical (unpaired) electrons. The molecule has 29 heavy (non-hydrogen) atoms. The molecule has 9 heteroatoms. The second-order valence-electron chi connectivity index (χ2n) is 7.46. The lowest BCUT2D eigenvalue weighted by atomic mass is 9.99. The van der Waals surface area contributed by atoms with Crippen molar-refractivity contribution in [3.8, 4) is 17.3 Å². The first-order valence-electron chi connectivity index (χ1n) is 9.68. The number of H-pyrrole nitrogens is 1. The summed E-state index contributed by atoms with van der Waals surface area (Å²) in [6.45, 7) is 2.79. The van der Waals surface area contributed by atoms with Gasteiger partial charge in [0.25, 0.3) is 0 Å². The van der Waals surface area contributed by atoms with Crippen LogP contribution in [0.1, 0.15) is 17.0 Å². The zero-order valence-corrected chi connectivity index (χ0v) is 17.2. The first-order valence-corrected chi connectivity index (χ1v) is 10.4. The Hall–Kier alpha value is -2.06. The molecule has 2 aromatic heterocycles. The largest absolute Gasteiger partial charge is 0.492 e. The molecule has 152 valence electrons. The smallest absolute Gasteiger partial charge is 0.160 e. The summed E-state index contributed by atoms with van der Waals surface area (Å²) in [7, 11) is 0. The summed E-state index contributed by atoms with van der Waals surface area (Å²) in [5.41, 5.74) is 3.93. The molecule has 1 atom stereocenters. The van der Waals surface area contributed by atoms with Gasteiger partial charge in [-0.15, -0.1) is 0 Å². The van der Waals surface area contributed by atoms with Crippen LogP contribution in [-0.2, 0) is 25.9 Å². The van der Waals surface area contributed by atoms with Crippen molar-refractivity contribution in [2.75, 3.05) is 19.8 Å². The molecule has 0 fully saturated rings. The second kappa shape index (κ2) is 7.65. The summed E-state index contributed by atoms with van der Waals surface area (Å²) in [4.78, 5) is 10.6. The zero-order chi connectivity index (χ0) is 20.0. The van der Waals surface area contributed by atoms with Gasteiger partial charge in [-0.05, 0) is 30.2 Å². The first kappa shape index (κ1) is 18.9. The zero-order valence-electron chi connectivity index (χ0n) is 15.7. The summed E-state index contributed by atoms with van der Waals surface area (Å²) < 4.78 is 7.60. The maximum Gasteiger partial charge on any atom is 0.160 e. The highest BCUT2D eigenvalue weighted by molar-refractivity contribution is 6.32. The van der Waals surface area contributed by atoms with Crippen LogP contribution in [0.5, 0.6) is 5.75 Å². The van der Waals surface area contributed by atoms with Crippen molar-refractivity contribution < 1.29 is 9.84 Å². The van der Waals surface area contributed by atoms with Crippen molar-refractivity contribution in [3.05, 3.63) is 51.4 Å². The van der Waals surface area contributed by atoms with E-state index in [9.17, 15) is 0 Å². The molecule has 5 rings (SSSR count). The van der Waals surface area contributed by atoms with Gasteiger partial charge in [-0.1, -0.05) is 23.2 Å². The van der Waals surface area contributed by atoms with Gasteiger partial charge in [0, 0.05) is 36.8 Å². The molecule has 0 saturated carbocycles. The number of aromatic nitrogens is 4. The van der Waals surface area contributed by atoms with Crippen LogP contribution in [-0.4, -0.2) is 55.6 Å². The van der Waals surface area contributed by atoms with E-state index >= 15 is 0 Å². The molecular weight excluding hydrogens is 413 g/mol. The minimum absolute atomic E-state index is 0.0128. The van der Waals surface area contributed by atoms with Crippen molar-refractivity contribution in [1.29, 1.82) is 0 Å². The second-order valence-corrected chi connectivity index (χ2v) is 8.31. The number of aliphatic hydroxyl groups excluding tert-OH is 1. The quantitative estimate of drug-likeness (QED) is 0.660. The molecule has 2 N–H and O–H groups in total. The van der Waals surface area contributed by atoms with E-state index < -0.39 is 0 Å². The molecule has 1 aromatic carbocycles. The van der Waals surface area contributed by atoms with Crippen LogP contribution in [0, 0.1) is 0 Å². The molecule has 0 unspecified atom stereocenters. The van der Waals surface area contributed by atoms with Crippen molar-refractivity contribution in [1.82, 2.24) is 24.6 Å². The molecule has 3 aromatic rings. The highest BCUT2D eigenvalue weighted by Crippen LogP contribution is 2.32. The maximum absolute atomic E-state index is 9.10. The Morgan fingerprint density at radius 3 is 3.07 bits per heavy atom. The van der Waals surface area contributed by atoms with Crippen molar-refractivity contribution in [2.45, 2.75) is 32.0 Å². The van der Waals surface area contributed by atoms with E-state index in [1.165, 1.54) is 0 Å². The molecule has 0 saturated heterocycles. The number of hydrogen-bond donors (Lipinski definition) is 2. The topological polar surface area (TPSA) is 79.2 Å². The lowest BCUT2D eigenvalue weighted by molar-refractivity contribution is 0.106. The number of halogens is 2. The van der Waals surface area contributed by atoms with Gasteiger partial charge < -0.3 is 14.8 Å². The fourth-order valence-corrected chi connectivity index (χ4v) is 4.53. The Labute approximate surface area is 178 Å². The SMILES string of the molecule is OCCn1cc(Cl)c(-c2nc3c([nH]2)CN([C@H]2COc4ccc(Cl)cc4C2)CC3)n1. The minimum Gasteiger partial charge on any atom is -0.492 e. The lowest BCUT2D eigenvalue weighted by Gasteiger charge is -2.36. The van der Waals surface area contributed by atoms with Gasteiger partial charge in [-0.2, -0.15) is 5.10 Å². The normalized spacial score (nSPS) is 18.9. The average Bonchev–Trinajstić information content (AvgIpc) is 3.30. The third-order valence-corrected chi connectivity index (χ3v) is 6.07. The van der Waals surface area contributed by atoms with Gasteiger partial charge in [-0.3, -0.25) is 9.58 Å². The van der Waals surface area contributed by atoms with Crippen LogP contribution < -0.4 is 4.74 Å². The minimum atomic E-state index is 0.0128. The van der Waals surface area contributed by atoms with Crippen LogP contribution in [0.3, 0.4) is 0 Å². The number of aromatic amines is 1. The van der Waals surface area contributed by atoms with E-state index in [2.05, 4.69) is 15.0 Å². The Morgan fingerprint density at radius 1 is 1.31 bits per heavy atom. The van der Waals surface area contributed by atoms with Crippen LogP contribution >= 0.6 is 23.2 Å². The predicted molar refractivity (Wildman–Crippen MR) is 110 cm³/mol. The molecule has 0 spiro atoms. The van der Waals surface area contributed by atoms with Gasteiger partial charge in [-0.25, -0.2) is 4.98 Å². The van der Waals surface area contributed by atoms with Gasteiger partial charge >= 0.3 is 0 Å².